The highest BCUT2D eigenvalue weighted by molar-refractivity contribution is 6.33. The van der Waals surface area contributed by atoms with Crippen molar-refractivity contribution in [1.82, 2.24) is 5.32 Å². The Morgan fingerprint density at radius 2 is 1.81 bits per heavy atom. The maximum Gasteiger partial charge on any atom is 0.309 e. The molecule has 9 heteroatoms. The predicted molar refractivity (Wildman–Crippen MR) is 110 cm³/mol. The molecule has 1 spiro atoms. The Hall–Kier alpha value is -2.71. The van der Waals surface area contributed by atoms with Crippen LogP contribution < -0.4 is 10.6 Å². The highest BCUT2D eigenvalue weighted by atomic mass is 35.5. The topological polar surface area (TPSA) is 76.7 Å². The average molecular weight is 451 g/mol. The zero-order chi connectivity index (χ0) is 22.2. The molecule has 2 aromatic carbocycles. The minimum atomic E-state index is -1.62. The smallest absolute Gasteiger partial charge is 0.309 e. The van der Waals surface area contributed by atoms with Crippen LogP contribution in [0.5, 0.6) is 0 Å². The molecule has 4 rings (SSSR count). The number of anilines is 1. The van der Waals surface area contributed by atoms with Gasteiger partial charge < -0.3 is 20.1 Å². The van der Waals surface area contributed by atoms with Crippen molar-refractivity contribution in [3.63, 3.8) is 0 Å². The van der Waals surface area contributed by atoms with Gasteiger partial charge in [-0.2, -0.15) is 0 Å². The van der Waals surface area contributed by atoms with Crippen LogP contribution in [0, 0.1) is 11.6 Å². The van der Waals surface area contributed by atoms with Crippen LogP contribution in [0.1, 0.15) is 42.5 Å². The fourth-order valence-corrected chi connectivity index (χ4v) is 4.20. The van der Waals surface area contributed by atoms with Gasteiger partial charge in [-0.05, 0) is 55.8 Å². The van der Waals surface area contributed by atoms with Gasteiger partial charge in [0.05, 0.1) is 36.1 Å². The lowest BCUT2D eigenvalue weighted by molar-refractivity contribution is -0.225. The second-order valence-electron chi connectivity index (χ2n) is 7.61. The van der Waals surface area contributed by atoms with Gasteiger partial charge in [-0.1, -0.05) is 11.6 Å². The molecule has 6 nitrogen and oxygen atoms in total. The van der Waals surface area contributed by atoms with Crippen LogP contribution in [0.15, 0.2) is 30.3 Å². The minimum Gasteiger partial charge on any atom is -0.416 e. The van der Waals surface area contributed by atoms with Crippen molar-refractivity contribution in [2.24, 2.45) is 0 Å². The third-order valence-corrected chi connectivity index (χ3v) is 5.77. The number of esters is 2. The van der Waals surface area contributed by atoms with Gasteiger partial charge in [-0.3, -0.25) is 9.59 Å². The molecule has 164 valence electrons. The number of halogens is 3. The Morgan fingerprint density at radius 1 is 1.10 bits per heavy atom. The third-order valence-electron chi connectivity index (χ3n) is 5.46. The van der Waals surface area contributed by atoms with Gasteiger partial charge in [0.25, 0.3) is 5.79 Å². The average Bonchev–Trinajstić information content (AvgIpc) is 2.99. The van der Waals surface area contributed by atoms with E-state index in [1.807, 2.05) is 0 Å². The van der Waals surface area contributed by atoms with Crippen molar-refractivity contribution in [3.05, 3.63) is 63.7 Å². The van der Waals surface area contributed by atoms with Crippen LogP contribution >= 0.6 is 11.6 Å². The normalized spacial score (nSPS) is 19.0. The van der Waals surface area contributed by atoms with Gasteiger partial charge in [0.15, 0.2) is 0 Å². The molecule has 0 amide bonds. The summed E-state index contributed by atoms with van der Waals surface area (Å²) in [6.45, 7) is 2.28. The van der Waals surface area contributed by atoms with E-state index >= 15 is 0 Å². The van der Waals surface area contributed by atoms with Crippen molar-refractivity contribution in [2.75, 3.05) is 18.4 Å². The van der Waals surface area contributed by atoms with Gasteiger partial charge in [-0.25, -0.2) is 8.78 Å². The van der Waals surface area contributed by atoms with Crippen LogP contribution in [0.2, 0.25) is 5.02 Å². The Bertz CT molecular complexity index is 1030. The highest BCUT2D eigenvalue weighted by Crippen LogP contribution is 2.41. The number of carbonyl (C=O) groups excluding carboxylic acids is 2. The summed E-state index contributed by atoms with van der Waals surface area (Å²) < 4.78 is 39.2. The van der Waals surface area contributed by atoms with E-state index in [9.17, 15) is 18.4 Å². The van der Waals surface area contributed by atoms with Gasteiger partial charge in [0, 0.05) is 11.1 Å². The summed E-state index contributed by atoms with van der Waals surface area (Å²) >= 11 is 6.47. The summed E-state index contributed by atoms with van der Waals surface area (Å²) in [5.74, 6) is -3.81. The van der Waals surface area contributed by atoms with Gasteiger partial charge in [0.2, 0.25) is 0 Å². The monoisotopic (exact) mass is 450 g/mol. The zero-order valence-electron chi connectivity index (χ0n) is 16.8. The molecule has 0 aliphatic carbocycles. The predicted octanol–water partition coefficient (Wildman–Crippen LogP) is 3.97. The highest BCUT2D eigenvalue weighted by Gasteiger charge is 2.46. The largest absolute Gasteiger partial charge is 0.416 e. The van der Waals surface area contributed by atoms with Crippen LogP contribution in [0.25, 0.3) is 0 Å². The third kappa shape index (κ3) is 4.22. The number of benzene rings is 2. The molecule has 1 unspecified atom stereocenters. The summed E-state index contributed by atoms with van der Waals surface area (Å²) in [6, 6.07) is 5.88. The maximum atomic E-state index is 14.3. The summed E-state index contributed by atoms with van der Waals surface area (Å²) in [5.41, 5.74) is 1.78. The molecule has 0 saturated carbocycles. The molecule has 31 heavy (non-hydrogen) atoms. The lowest BCUT2D eigenvalue weighted by Gasteiger charge is -2.32. The molecular formula is C22H21ClF2N2O4. The van der Waals surface area contributed by atoms with Crippen molar-refractivity contribution in [3.8, 4) is 0 Å². The fraction of sp³-hybridized carbons (Fsp3) is 0.364. The van der Waals surface area contributed by atoms with Gasteiger partial charge >= 0.3 is 11.9 Å². The first kappa shape index (κ1) is 21.5. The van der Waals surface area contributed by atoms with Crippen molar-refractivity contribution < 1.29 is 27.8 Å². The summed E-state index contributed by atoms with van der Waals surface area (Å²) in [4.78, 5) is 24.4. The van der Waals surface area contributed by atoms with Crippen LogP contribution in [-0.2, 0) is 31.3 Å². The van der Waals surface area contributed by atoms with Gasteiger partial charge in [0.1, 0.15) is 11.6 Å². The van der Waals surface area contributed by atoms with E-state index in [0.717, 1.165) is 18.2 Å². The lowest BCUT2D eigenvalue weighted by Crippen LogP contribution is -2.43. The first-order valence-electron chi connectivity index (χ1n) is 9.97. The molecule has 2 aliphatic rings. The van der Waals surface area contributed by atoms with E-state index in [4.69, 9.17) is 21.1 Å². The van der Waals surface area contributed by atoms with E-state index in [0.29, 0.717) is 34.8 Å². The Labute approximate surface area is 182 Å². The van der Waals surface area contributed by atoms with E-state index in [-0.39, 0.29) is 24.9 Å². The number of hydrogen-bond acceptors (Lipinski definition) is 6. The van der Waals surface area contributed by atoms with E-state index in [1.54, 1.807) is 19.1 Å². The molecule has 0 aromatic heterocycles. The number of rotatable bonds is 3. The summed E-state index contributed by atoms with van der Waals surface area (Å²) in [5, 5.41) is 6.65. The van der Waals surface area contributed by atoms with Crippen LogP contribution in [0.3, 0.4) is 0 Å². The van der Waals surface area contributed by atoms with Crippen LogP contribution in [0.4, 0.5) is 14.5 Å². The fourth-order valence-electron chi connectivity index (χ4n) is 3.97. The van der Waals surface area contributed by atoms with Gasteiger partial charge in [-0.15, -0.1) is 0 Å². The van der Waals surface area contributed by atoms with Crippen molar-refractivity contribution >= 4 is 29.2 Å². The first-order valence-corrected chi connectivity index (χ1v) is 10.3. The Kier molecular flexibility index (Phi) is 5.85. The molecule has 0 bridgehead atoms. The quantitative estimate of drug-likeness (QED) is 0.689. The number of fused-ring (bicyclic) bond motifs is 2. The second kappa shape index (κ2) is 8.43. The zero-order valence-corrected chi connectivity index (χ0v) is 17.5. The number of nitrogens with one attached hydrogen (secondary N) is 2. The van der Waals surface area contributed by atoms with Crippen molar-refractivity contribution in [1.29, 1.82) is 0 Å². The molecule has 1 saturated heterocycles. The molecule has 2 aliphatic heterocycles. The summed E-state index contributed by atoms with van der Waals surface area (Å²) in [7, 11) is 0. The first-order chi connectivity index (χ1) is 14.8. The Morgan fingerprint density at radius 3 is 2.52 bits per heavy atom. The number of ether oxygens (including phenoxy) is 2. The molecule has 2 heterocycles. The standard InChI is InChI=1S/C22H21ClF2N2O4/c1-12(15-10-13(24)2-5-18(15)25)27-21-14-8-9-26-11-22(16(14)3-4-17(21)23)30-19(28)6-7-20(29)31-22/h2-5,10,12,26-27H,6-9,11H2,1H3. The minimum absolute atomic E-state index is 0.0650. The van der Waals surface area contributed by atoms with E-state index < -0.39 is 35.4 Å². The maximum absolute atomic E-state index is 14.3. The Balaban J connectivity index is 1.78. The van der Waals surface area contributed by atoms with E-state index in [2.05, 4.69) is 10.6 Å². The SMILES string of the molecule is CC(Nc1c(Cl)ccc2c1CCNCC21OC(=O)CCC(=O)O1)c1cc(F)ccc1F. The summed E-state index contributed by atoms with van der Waals surface area (Å²) in [6.07, 6.45) is 0.350. The second-order valence-corrected chi connectivity index (χ2v) is 8.02. The molecule has 2 N–H and O–H groups in total. The van der Waals surface area contributed by atoms with Crippen molar-refractivity contribution in [2.45, 2.75) is 38.0 Å². The molecule has 1 atom stereocenters. The number of carbonyl (C=O) groups is 2. The molecule has 1 fully saturated rings. The van der Waals surface area contributed by atoms with E-state index in [1.165, 1.54) is 0 Å². The number of hydrogen-bond donors (Lipinski definition) is 2. The van der Waals surface area contributed by atoms with Crippen LogP contribution in [-0.4, -0.2) is 25.0 Å². The molecule has 0 radical (unpaired) electrons. The molecule has 2 aromatic rings. The molecular weight excluding hydrogens is 430 g/mol. The lowest BCUT2D eigenvalue weighted by atomic mass is 9.95.